The summed E-state index contributed by atoms with van der Waals surface area (Å²) >= 11 is 0. The zero-order chi connectivity index (χ0) is 16.3. The van der Waals surface area contributed by atoms with E-state index in [0.29, 0.717) is 6.42 Å². The number of aliphatic hydroxyl groups excluding tert-OH is 1. The van der Waals surface area contributed by atoms with Crippen LogP contribution in [-0.2, 0) is 9.53 Å². The molecule has 0 saturated heterocycles. The zero-order valence-electron chi connectivity index (χ0n) is 14.8. The van der Waals surface area contributed by atoms with Crippen molar-refractivity contribution >= 4 is 5.97 Å². The van der Waals surface area contributed by atoms with Gasteiger partial charge in [-0.3, -0.25) is 4.79 Å². The van der Waals surface area contributed by atoms with Gasteiger partial charge >= 0.3 is 5.97 Å². The monoisotopic (exact) mass is 300 g/mol. The third-order valence-corrected chi connectivity index (χ3v) is 3.65. The van der Waals surface area contributed by atoms with E-state index < -0.39 is 11.7 Å². The minimum absolute atomic E-state index is 0.235. The van der Waals surface area contributed by atoms with Gasteiger partial charge in [-0.1, -0.05) is 58.8 Å². The zero-order valence-corrected chi connectivity index (χ0v) is 14.8. The second-order valence-electron chi connectivity index (χ2n) is 7.05. The Labute approximate surface area is 131 Å². The van der Waals surface area contributed by atoms with Crippen molar-refractivity contribution in [3.8, 4) is 0 Å². The first-order valence-electron chi connectivity index (χ1n) is 8.72. The molecule has 3 heteroatoms. The van der Waals surface area contributed by atoms with E-state index in [1.807, 2.05) is 20.8 Å². The molecule has 0 spiro atoms. The molecule has 0 radical (unpaired) electrons. The van der Waals surface area contributed by atoms with Gasteiger partial charge in [0.2, 0.25) is 0 Å². The molecule has 2 atom stereocenters. The normalized spacial score (nSPS) is 14.8. The Bertz CT molecular complexity index is 268. The van der Waals surface area contributed by atoms with Crippen LogP contribution in [0.5, 0.6) is 0 Å². The molecule has 1 N–H and O–H groups in total. The van der Waals surface area contributed by atoms with Crippen molar-refractivity contribution in [2.24, 2.45) is 5.92 Å². The van der Waals surface area contributed by atoms with Crippen molar-refractivity contribution in [3.05, 3.63) is 0 Å². The van der Waals surface area contributed by atoms with Gasteiger partial charge in [-0.2, -0.15) is 0 Å². The molecule has 0 fully saturated rings. The summed E-state index contributed by atoms with van der Waals surface area (Å²) < 4.78 is 5.48. The lowest BCUT2D eigenvalue weighted by molar-refractivity contribution is -0.164. The third-order valence-electron chi connectivity index (χ3n) is 3.65. The summed E-state index contributed by atoms with van der Waals surface area (Å²) in [5.41, 5.74) is -0.484. The molecule has 0 unspecified atom stereocenters. The lowest BCUT2D eigenvalue weighted by Crippen LogP contribution is -2.35. The van der Waals surface area contributed by atoms with Crippen molar-refractivity contribution in [2.45, 2.75) is 104 Å². The predicted octanol–water partition coefficient (Wildman–Crippen LogP) is 4.86. The summed E-state index contributed by atoms with van der Waals surface area (Å²) in [4.78, 5) is 12.3. The number of hydrogen-bond donors (Lipinski definition) is 1. The lowest BCUT2D eigenvalue weighted by Gasteiger charge is -2.27. The fraction of sp³-hybridized carbons (Fsp3) is 0.944. The summed E-state index contributed by atoms with van der Waals surface area (Å²) in [6, 6.07) is 0. The molecule has 126 valence electrons. The maximum atomic E-state index is 12.3. The van der Waals surface area contributed by atoms with Crippen LogP contribution in [0.4, 0.5) is 0 Å². The summed E-state index contributed by atoms with van der Waals surface area (Å²) in [7, 11) is 0. The Hall–Kier alpha value is -0.570. The van der Waals surface area contributed by atoms with Crippen LogP contribution in [-0.4, -0.2) is 22.8 Å². The Morgan fingerprint density at radius 2 is 1.48 bits per heavy atom. The highest BCUT2D eigenvalue weighted by atomic mass is 16.6. The molecule has 0 aromatic carbocycles. The van der Waals surface area contributed by atoms with Gasteiger partial charge < -0.3 is 9.84 Å². The second-order valence-corrected chi connectivity index (χ2v) is 7.05. The van der Waals surface area contributed by atoms with Crippen LogP contribution in [0.25, 0.3) is 0 Å². The lowest BCUT2D eigenvalue weighted by atomic mass is 9.91. The minimum atomic E-state index is -0.562. The minimum Gasteiger partial charge on any atom is -0.460 e. The maximum absolute atomic E-state index is 12.3. The van der Waals surface area contributed by atoms with Crippen LogP contribution in [0, 0.1) is 5.92 Å². The molecule has 0 aliphatic carbocycles. The Balaban J connectivity index is 4.44. The number of ether oxygens (including phenoxy) is 1. The van der Waals surface area contributed by atoms with Gasteiger partial charge in [0.1, 0.15) is 5.60 Å². The van der Waals surface area contributed by atoms with Crippen LogP contribution in [0.2, 0.25) is 0 Å². The van der Waals surface area contributed by atoms with Crippen molar-refractivity contribution in [3.63, 3.8) is 0 Å². The fourth-order valence-electron chi connectivity index (χ4n) is 2.44. The van der Waals surface area contributed by atoms with Crippen molar-refractivity contribution < 1.29 is 14.6 Å². The summed E-state index contributed by atoms with van der Waals surface area (Å²) in [5.74, 6) is -0.598. The first kappa shape index (κ1) is 20.4. The van der Waals surface area contributed by atoms with Gasteiger partial charge in [-0.05, 0) is 33.6 Å². The highest BCUT2D eigenvalue weighted by Crippen LogP contribution is 2.23. The van der Waals surface area contributed by atoms with E-state index in [-0.39, 0.29) is 11.9 Å². The molecular formula is C18H36O3. The first-order chi connectivity index (χ1) is 9.81. The molecule has 0 aromatic rings. The smallest absolute Gasteiger partial charge is 0.312 e. The van der Waals surface area contributed by atoms with E-state index in [0.717, 1.165) is 38.5 Å². The van der Waals surface area contributed by atoms with Gasteiger partial charge in [0, 0.05) is 0 Å². The van der Waals surface area contributed by atoms with Crippen molar-refractivity contribution in [1.82, 2.24) is 0 Å². The third kappa shape index (κ3) is 10.8. The fourth-order valence-corrected chi connectivity index (χ4v) is 2.44. The molecule has 0 heterocycles. The predicted molar refractivity (Wildman–Crippen MR) is 88.2 cm³/mol. The molecule has 3 nitrogen and oxygen atoms in total. The number of esters is 1. The Morgan fingerprint density at radius 3 is 2.00 bits per heavy atom. The maximum Gasteiger partial charge on any atom is 0.312 e. The molecule has 0 aliphatic heterocycles. The van der Waals surface area contributed by atoms with E-state index in [2.05, 4.69) is 13.8 Å². The van der Waals surface area contributed by atoms with Gasteiger partial charge in [-0.25, -0.2) is 0 Å². The summed E-state index contributed by atoms with van der Waals surface area (Å²) in [6.07, 6.45) is 8.57. The number of carbonyl (C=O) groups is 1. The molecule has 0 bridgehead atoms. The summed E-state index contributed by atoms with van der Waals surface area (Å²) in [5, 5.41) is 10.4. The summed E-state index contributed by atoms with van der Waals surface area (Å²) in [6.45, 7) is 9.94. The van der Waals surface area contributed by atoms with Crippen molar-refractivity contribution in [2.75, 3.05) is 0 Å². The van der Waals surface area contributed by atoms with E-state index in [1.54, 1.807) is 0 Å². The average molecular weight is 300 g/mol. The molecule has 0 rings (SSSR count). The molecule has 21 heavy (non-hydrogen) atoms. The highest BCUT2D eigenvalue weighted by molar-refractivity contribution is 5.73. The SMILES string of the molecule is CCCCCC[C@H](O)[C@H](CCCCC)C(=O)OC(C)(C)C. The molecule has 0 amide bonds. The number of carbonyl (C=O) groups excluding carboxylic acids is 1. The molecular weight excluding hydrogens is 264 g/mol. The van der Waals surface area contributed by atoms with Crippen LogP contribution in [0.15, 0.2) is 0 Å². The number of aliphatic hydroxyl groups is 1. The Morgan fingerprint density at radius 1 is 0.952 bits per heavy atom. The van der Waals surface area contributed by atoms with E-state index in [4.69, 9.17) is 4.74 Å². The second kappa shape index (κ2) is 11.1. The van der Waals surface area contributed by atoms with E-state index in [1.165, 1.54) is 12.8 Å². The van der Waals surface area contributed by atoms with Crippen LogP contribution in [0.3, 0.4) is 0 Å². The van der Waals surface area contributed by atoms with Gasteiger partial charge in [0.25, 0.3) is 0 Å². The average Bonchev–Trinajstić information content (AvgIpc) is 2.37. The largest absolute Gasteiger partial charge is 0.460 e. The highest BCUT2D eigenvalue weighted by Gasteiger charge is 2.30. The Kier molecular flexibility index (Phi) is 10.8. The first-order valence-corrected chi connectivity index (χ1v) is 8.72. The quantitative estimate of drug-likeness (QED) is 0.438. The van der Waals surface area contributed by atoms with Gasteiger partial charge in [0.05, 0.1) is 12.0 Å². The van der Waals surface area contributed by atoms with E-state index >= 15 is 0 Å². The topological polar surface area (TPSA) is 46.5 Å². The molecule has 0 aromatic heterocycles. The van der Waals surface area contributed by atoms with Crippen LogP contribution >= 0.6 is 0 Å². The van der Waals surface area contributed by atoms with E-state index in [9.17, 15) is 9.90 Å². The van der Waals surface area contributed by atoms with Crippen molar-refractivity contribution in [1.29, 1.82) is 0 Å². The number of unbranched alkanes of at least 4 members (excludes halogenated alkanes) is 5. The van der Waals surface area contributed by atoms with Gasteiger partial charge in [0.15, 0.2) is 0 Å². The molecule has 0 saturated carbocycles. The van der Waals surface area contributed by atoms with Crippen LogP contribution < -0.4 is 0 Å². The van der Waals surface area contributed by atoms with Crippen LogP contribution in [0.1, 0.15) is 92.4 Å². The number of rotatable bonds is 11. The van der Waals surface area contributed by atoms with Gasteiger partial charge in [-0.15, -0.1) is 0 Å². The molecule has 0 aliphatic rings. The standard InChI is InChI=1S/C18H36O3/c1-6-8-10-12-14-16(19)15(13-11-9-7-2)17(20)21-18(3,4)5/h15-16,19H,6-14H2,1-5H3/t15-,16-/m0/s1. The number of hydrogen-bond acceptors (Lipinski definition) is 3.